The average molecular weight is 378 g/mol. The molecule has 0 atom stereocenters. The number of halogens is 3. The summed E-state index contributed by atoms with van der Waals surface area (Å²) in [4.78, 5) is 23.9. The van der Waals surface area contributed by atoms with E-state index in [1.54, 1.807) is 12.1 Å². The van der Waals surface area contributed by atoms with Crippen LogP contribution in [0.15, 0.2) is 36.4 Å². The predicted octanol–water partition coefficient (Wildman–Crippen LogP) is 4.16. The molecule has 2 N–H and O–H groups in total. The minimum absolute atomic E-state index is 0.0109. The fourth-order valence-corrected chi connectivity index (χ4v) is 2.35. The first kappa shape index (κ1) is 20.5. The van der Waals surface area contributed by atoms with Crippen LogP contribution in [0, 0.1) is 17.5 Å². The van der Waals surface area contributed by atoms with E-state index in [2.05, 4.69) is 31.4 Å². The van der Waals surface area contributed by atoms with E-state index in [0.29, 0.717) is 5.56 Å². The molecule has 0 aliphatic heterocycles. The summed E-state index contributed by atoms with van der Waals surface area (Å²) in [6.45, 7) is 6.21. The molecule has 0 radical (unpaired) electrons. The lowest BCUT2D eigenvalue weighted by Gasteiger charge is -2.19. The molecular weight excluding hydrogens is 357 g/mol. The molecule has 0 heterocycles. The Morgan fingerprint density at radius 2 is 1.56 bits per heavy atom. The van der Waals surface area contributed by atoms with Gasteiger partial charge in [0.25, 0.3) is 5.91 Å². The highest BCUT2D eigenvalue weighted by Gasteiger charge is 2.16. The molecule has 0 unspecified atom stereocenters. The maximum absolute atomic E-state index is 13.5. The fourth-order valence-electron chi connectivity index (χ4n) is 2.35. The number of carbonyl (C=O) groups is 2. The van der Waals surface area contributed by atoms with Gasteiger partial charge >= 0.3 is 0 Å². The van der Waals surface area contributed by atoms with Crippen LogP contribution in [-0.4, -0.2) is 18.4 Å². The first-order valence-electron chi connectivity index (χ1n) is 8.41. The smallest absolute Gasteiger partial charge is 0.251 e. The van der Waals surface area contributed by atoms with Crippen molar-refractivity contribution in [2.75, 3.05) is 11.9 Å². The van der Waals surface area contributed by atoms with E-state index in [4.69, 9.17) is 0 Å². The van der Waals surface area contributed by atoms with Crippen molar-refractivity contribution in [1.82, 2.24) is 5.32 Å². The lowest BCUT2D eigenvalue weighted by atomic mass is 9.87. The van der Waals surface area contributed by atoms with Gasteiger partial charge in [0.15, 0.2) is 17.5 Å². The molecule has 0 spiro atoms. The Labute approximate surface area is 155 Å². The van der Waals surface area contributed by atoms with Crippen LogP contribution < -0.4 is 10.6 Å². The first-order chi connectivity index (χ1) is 12.6. The van der Waals surface area contributed by atoms with E-state index >= 15 is 0 Å². The molecule has 0 saturated heterocycles. The highest BCUT2D eigenvalue weighted by atomic mass is 19.2. The van der Waals surface area contributed by atoms with Crippen molar-refractivity contribution < 1.29 is 22.8 Å². The molecule has 4 nitrogen and oxygen atoms in total. The van der Waals surface area contributed by atoms with Crippen LogP contribution in [0.4, 0.5) is 18.9 Å². The highest BCUT2D eigenvalue weighted by molar-refractivity contribution is 5.95. The van der Waals surface area contributed by atoms with Crippen LogP contribution in [0.2, 0.25) is 0 Å². The van der Waals surface area contributed by atoms with E-state index in [1.807, 2.05) is 12.1 Å². The SMILES string of the molecule is CC(C)(C)c1ccc(C(=O)NCCC(=O)Nc2ccc(F)c(F)c2F)cc1. The van der Waals surface area contributed by atoms with Gasteiger partial charge < -0.3 is 10.6 Å². The molecule has 0 bridgehead atoms. The second-order valence-corrected chi connectivity index (χ2v) is 7.10. The lowest BCUT2D eigenvalue weighted by Crippen LogP contribution is -2.28. The summed E-state index contributed by atoms with van der Waals surface area (Å²) in [6, 6.07) is 8.79. The second kappa shape index (κ2) is 8.24. The number of amides is 2. The fraction of sp³-hybridized carbons (Fsp3) is 0.300. The van der Waals surface area contributed by atoms with Crippen LogP contribution in [0.5, 0.6) is 0 Å². The van der Waals surface area contributed by atoms with Gasteiger partial charge in [-0.1, -0.05) is 32.9 Å². The predicted molar refractivity (Wildman–Crippen MR) is 97.0 cm³/mol. The van der Waals surface area contributed by atoms with Crippen molar-refractivity contribution in [3.05, 3.63) is 65.0 Å². The summed E-state index contributed by atoms with van der Waals surface area (Å²) in [5, 5.41) is 4.73. The van der Waals surface area contributed by atoms with Crippen LogP contribution in [-0.2, 0) is 10.2 Å². The molecule has 0 fully saturated rings. The standard InChI is InChI=1S/C20H21F3N2O2/c1-20(2,3)13-6-4-12(5-7-13)19(27)24-11-10-16(26)25-15-9-8-14(21)17(22)18(15)23/h4-9H,10-11H2,1-3H3,(H,24,27)(H,25,26). The molecule has 0 aliphatic rings. The molecule has 144 valence electrons. The van der Waals surface area contributed by atoms with Crippen LogP contribution >= 0.6 is 0 Å². The maximum Gasteiger partial charge on any atom is 0.251 e. The molecule has 2 amide bonds. The van der Waals surface area contributed by atoms with Crippen LogP contribution in [0.3, 0.4) is 0 Å². The van der Waals surface area contributed by atoms with Gasteiger partial charge in [-0.05, 0) is 35.2 Å². The summed E-state index contributed by atoms with van der Waals surface area (Å²) in [5.74, 6) is -5.44. The topological polar surface area (TPSA) is 58.2 Å². The van der Waals surface area contributed by atoms with E-state index < -0.39 is 29.0 Å². The maximum atomic E-state index is 13.5. The van der Waals surface area contributed by atoms with Gasteiger partial charge in [0.05, 0.1) is 5.69 Å². The third kappa shape index (κ3) is 5.32. The number of rotatable bonds is 5. The van der Waals surface area contributed by atoms with E-state index in [9.17, 15) is 22.8 Å². The van der Waals surface area contributed by atoms with Crippen molar-refractivity contribution in [3.8, 4) is 0 Å². The average Bonchev–Trinajstić information content (AvgIpc) is 2.61. The summed E-state index contributed by atoms with van der Waals surface area (Å²) in [7, 11) is 0. The van der Waals surface area contributed by atoms with Gasteiger partial charge in [-0.15, -0.1) is 0 Å². The van der Waals surface area contributed by atoms with Gasteiger partial charge in [0.1, 0.15) is 0 Å². The summed E-state index contributed by atoms with van der Waals surface area (Å²) >= 11 is 0. The van der Waals surface area contributed by atoms with Gasteiger partial charge in [-0.3, -0.25) is 9.59 Å². The van der Waals surface area contributed by atoms with Gasteiger partial charge in [-0.2, -0.15) is 0 Å². The zero-order valence-corrected chi connectivity index (χ0v) is 15.3. The Hall–Kier alpha value is -2.83. The van der Waals surface area contributed by atoms with Gasteiger partial charge in [0.2, 0.25) is 5.91 Å². The van der Waals surface area contributed by atoms with Crippen molar-refractivity contribution in [1.29, 1.82) is 0 Å². The number of hydrogen-bond acceptors (Lipinski definition) is 2. The van der Waals surface area contributed by atoms with Gasteiger partial charge in [0, 0.05) is 18.5 Å². The molecule has 0 aliphatic carbocycles. The summed E-state index contributed by atoms with van der Waals surface area (Å²) in [6.07, 6.45) is -0.149. The Balaban J connectivity index is 1.86. The summed E-state index contributed by atoms with van der Waals surface area (Å²) < 4.78 is 39.5. The zero-order valence-electron chi connectivity index (χ0n) is 15.3. The minimum atomic E-state index is -1.65. The third-order valence-corrected chi connectivity index (χ3v) is 3.96. The van der Waals surface area contributed by atoms with E-state index in [0.717, 1.165) is 17.7 Å². The van der Waals surface area contributed by atoms with Crippen molar-refractivity contribution in [3.63, 3.8) is 0 Å². The molecule has 7 heteroatoms. The highest BCUT2D eigenvalue weighted by Crippen LogP contribution is 2.22. The Morgan fingerprint density at radius 3 is 2.15 bits per heavy atom. The monoisotopic (exact) mass is 378 g/mol. The Bertz CT molecular complexity index is 844. The number of nitrogens with one attached hydrogen (secondary N) is 2. The Kier molecular flexibility index (Phi) is 6.25. The number of carbonyl (C=O) groups excluding carboxylic acids is 2. The first-order valence-corrected chi connectivity index (χ1v) is 8.41. The molecule has 2 rings (SSSR count). The van der Waals surface area contributed by atoms with Crippen molar-refractivity contribution in [2.24, 2.45) is 0 Å². The largest absolute Gasteiger partial charge is 0.352 e. The normalized spacial score (nSPS) is 11.2. The zero-order chi connectivity index (χ0) is 20.2. The molecule has 0 saturated carbocycles. The second-order valence-electron chi connectivity index (χ2n) is 7.10. The number of hydrogen-bond donors (Lipinski definition) is 2. The van der Waals surface area contributed by atoms with Crippen LogP contribution in [0.25, 0.3) is 0 Å². The molecule has 2 aromatic carbocycles. The minimum Gasteiger partial charge on any atom is -0.352 e. The van der Waals surface area contributed by atoms with E-state index in [-0.39, 0.29) is 24.3 Å². The molecule has 2 aromatic rings. The summed E-state index contributed by atoms with van der Waals surface area (Å²) in [5.41, 5.74) is 1.06. The van der Waals surface area contributed by atoms with Crippen molar-refractivity contribution >= 4 is 17.5 Å². The third-order valence-electron chi connectivity index (χ3n) is 3.96. The Morgan fingerprint density at radius 1 is 0.926 bits per heavy atom. The van der Waals surface area contributed by atoms with Gasteiger partial charge in [-0.25, -0.2) is 13.2 Å². The lowest BCUT2D eigenvalue weighted by molar-refractivity contribution is -0.116. The molecule has 0 aromatic heterocycles. The van der Waals surface area contributed by atoms with Crippen LogP contribution in [0.1, 0.15) is 43.1 Å². The van der Waals surface area contributed by atoms with E-state index in [1.165, 1.54) is 0 Å². The number of anilines is 1. The van der Waals surface area contributed by atoms with Crippen molar-refractivity contribution in [2.45, 2.75) is 32.6 Å². The quantitative estimate of drug-likeness (QED) is 0.768. The molecular formula is C20H21F3N2O2. The molecule has 27 heavy (non-hydrogen) atoms. The number of benzene rings is 2.